The number of aromatic nitrogens is 1. The van der Waals surface area contributed by atoms with Crippen molar-refractivity contribution in [3.8, 4) is 0 Å². The Hall–Kier alpha value is -1.28. The summed E-state index contributed by atoms with van der Waals surface area (Å²) in [6.45, 7) is 4.24. The lowest BCUT2D eigenvalue weighted by Gasteiger charge is -2.26. The van der Waals surface area contributed by atoms with E-state index >= 15 is 0 Å². The first-order chi connectivity index (χ1) is 9.52. The first kappa shape index (κ1) is 15.1. The number of carbonyl (C=O) groups is 2. The van der Waals surface area contributed by atoms with Gasteiger partial charge in [0.15, 0.2) is 0 Å². The van der Waals surface area contributed by atoms with Crippen molar-refractivity contribution in [3.05, 3.63) is 16.1 Å². The molecular weight excluding hydrogens is 298 g/mol. The number of carbonyl (C=O) groups excluding carboxylic acids is 1. The summed E-state index contributed by atoms with van der Waals surface area (Å²) in [4.78, 5) is 30.0. The average Bonchev–Trinajstić information content (AvgIpc) is 3.01. The number of carboxylic acids is 1. The Kier molecular flexibility index (Phi) is 4.87. The van der Waals surface area contributed by atoms with Gasteiger partial charge in [-0.05, 0) is 13.3 Å². The van der Waals surface area contributed by atoms with Crippen LogP contribution in [0.3, 0.4) is 0 Å². The molecule has 2 amide bonds. The summed E-state index contributed by atoms with van der Waals surface area (Å²) >= 11 is 3.04. The maximum atomic E-state index is 12.2. The predicted molar refractivity (Wildman–Crippen MR) is 78.9 cm³/mol. The van der Waals surface area contributed by atoms with Crippen LogP contribution < -0.4 is 5.32 Å². The number of amides is 2. The Labute approximate surface area is 125 Å². The predicted octanol–water partition coefficient (Wildman–Crippen LogP) is 1.90. The lowest BCUT2D eigenvalue weighted by molar-refractivity contribution is -0.141. The van der Waals surface area contributed by atoms with Gasteiger partial charge in [-0.3, -0.25) is 4.90 Å². The fraction of sp³-hybridized carbons (Fsp3) is 0.583. The minimum Gasteiger partial charge on any atom is -0.480 e. The highest BCUT2D eigenvalue weighted by atomic mass is 32.2. The van der Waals surface area contributed by atoms with Gasteiger partial charge in [0.25, 0.3) is 0 Å². The molecule has 1 fully saturated rings. The Bertz CT molecular complexity index is 506. The van der Waals surface area contributed by atoms with Crippen LogP contribution in [-0.4, -0.2) is 44.2 Å². The maximum absolute atomic E-state index is 12.2. The number of nitrogens with zero attached hydrogens (tertiary/aromatic N) is 2. The number of aliphatic carboxylic acids is 1. The number of carboxylic acid groups (broad SMARTS) is 1. The lowest BCUT2D eigenvalue weighted by atomic mass is 10.3. The fourth-order valence-electron chi connectivity index (χ4n) is 2.08. The molecule has 2 rings (SSSR count). The Balaban J connectivity index is 2.00. The third-order valence-electron chi connectivity index (χ3n) is 3.04. The summed E-state index contributed by atoms with van der Waals surface area (Å²) in [5.74, 6) is -0.502. The summed E-state index contributed by atoms with van der Waals surface area (Å²) in [6.07, 6.45) is 2.46. The van der Waals surface area contributed by atoms with Crippen molar-refractivity contribution in [2.24, 2.45) is 0 Å². The van der Waals surface area contributed by atoms with E-state index in [9.17, 15) is 14.7 Å². The van der Waals surface area contributed by atoms with E-state index in [1.165, 1.54) is 28.0 Å². The topological polar surface area (TPSA) is 82.5 Å². The zero-order valence-electron chi connectivity index (χ0n) is 11.3. The van der Waals surface area contributed by atoms with Crippen LogP contribution in [0.2, 0.25) is 0 Å². The van der Waals surface area contributed by atoms with Gasteiger partial charge in [-0.15, -0.1) is 23.1 Å². The zero-order chi connectivity index (χ0) is 14.7. The number of rotatable bonds is 4. The Morgan fingerprint density at radius 3 is 2.90 bits per heavy atom. The van der Waals surface area contributed by atoms with E-state index in [0.29, 0.717) is 12.3 Å². The van der Waals surface area contributed by atoms with Crippen molar-refractivity contribution in [2.75, 3.05) is 5.75 Å². The SMILES string of the molecule is CCC1SCC(C(=O)O)N1C(=O)NCc1cnc(C)s1. The third kappa shape index (κ3) is 3.24. The van der Waals surface area contributed by atoms with Crippen molar-refractivity contribution in [1.29, 1.82) is 0 Å². The highest BCUT2D eigenvalue weighted by molar-refractivity contribution is 8.00. The summed E-state index contributed by atoms with van der Waals surface area (Å²) in [5, 5.41) is 12.9. The van der Waals surface area contributed by atoms with E-state index in [1.54, 1.807) is 6.20 Å². The molecule has 0 aliphatic carbocycles. The maximum Gasteiger partial charge on any atom is 0.327 e. The summed E-state index contributed by atoms with van der Waals surface area (Å²) < 4.78 is 0. The van der Waals surface area contributed by atoms with Crippen LogP contribution in [0.25, 0.3) is 0 Å². The molecule has 110 valence electrons. The van der Waals surface area contributed by atoms with Crippen molar-refractivity contribution >= 4 is 35.1 Å². The fourth-order valence-corrected chi connectivity index (χ4v) is 4.16. The van der Waals surface area contributed by atoms with E-state index in [4.69, 9.17) is 0 Å². The van der Waals surface area contributed by atoms with Gasteiger partial charge < -0.3 is 10.4 Å². The standard InChI is InChI=1S/C12H17N3O3S2/c1-3-10-15(9(6-19-10)11(16)17)12(18)14-5-8-4-13-7(2)20-8/h4,9-10H,3,5-6H2,1-2H3,(H,14,18)(H,16,17). The second-order valence-electron chi connectivity index (χ2n) is 4.46. The smallest absolute Gasteiger partial charge is 0.327 e. The number of nitrogens with one attached hydrogen (secondary N) is 1. The molecule has 2 heterocycles. The van der Waals surface area contributed by atoms with Crippen molar-refractivity contribution < 1.29 is 14.7 Å². The molecule has 0 saturated carbocycles. The molecule has 0 aromatic carbocycles. The van der Waals surface area contributed by atoms with E-state index in [-0.39, 0.29) is 11.4 Å². The van der Waals surface area contributed by atoms with E-state index in [2.05, 4.69) is 10.3 Å². The summed E-state index contributed by atoms with van der Waals surface area (Å²) in [7, 11) is 0. The molecule has 6 nitrogen and oxygen atoms in total. The Morgan fingerprint density at radius 2 is 2.35 bits per heavy atom. The summed E-state index contributed by atoms with van der Waals surface area (Å²) in [5.41, 5.74) is 0. The molecule has 2 atom stereocenters. The zero-order valence-corrected chi connectivity index (χ0v) is 13.0. The van der Waals surface area contributed by atoms with Gasteiger partial charge in [-0.2, -0.15) is 0 Å². The first-order valence-electron chi connectivity index (χ1n) is 6.34. The van der Waals surface area contributed by atoms with Gasteiger partial charge in [-0.1, -0.05) is 6.92 Å². The van der Waals surface area contributed by atoms with Gasteiger partial charge in [0.2, 0.25) is 0 Å². The number of aryl methyl sites for hydroxylation is 1. The molecule has 1 aliphatic heterocycles. The molecule has 2 unspecified atom stereocenters. The van der Waals surface area contributed by atoms with Crippen LogP contribution in [0.15, 0.2) is 6.20 Å². The number of thiazole rings is 1. The van der Waals surface area contributed by atoms with Crippen molar-refractivity contribution in [3.63, 3.8) is 0 Å². The largest absolute Gasteiger partial charge is 0.480 e. The molecule has 1 aliphatic rings. The number of hydrogen-bond acceptors (Lipinski definition) is 5. The van der Waals surface area contributed by atoms with E-state index in [1.807, 2.05) is 13.8 Å². The van der Waals surface area contributed by atoms with Gasteiger partial charge in [0, 0.05) is 16.8 Å². The molecular formula is C12H17N3O3S2. The van der Waals surface area contributed by atoms with Crippen LogP contribution in [0.5, 0.6) is 0 Å². The molecule has 20 heavy (non-hydrogen) atoms. The number of thioether (sulfide) groups is 1. The lowest BCUT2D eigenvalue weighted by Crippen LogP contribution is -2.49. The third-order valence-corrected chi connectivity index (χ3v) is 5.41. The minimum absolute atomic E-state index is 0.0701. The van der Waals surface area contributed by atoms with Crippen LogP contribution in [-0.2, 0) is 11.3 Å². The average molecular weight is 315 g/mol. The molecule has 8 heteroatoms. The van der Waals surface area contributed by atoms with Gasteiger partial charge in [0.05, 0.1) is 16.9 Å². The number of urea groups is 1. The quantitative estimate of drug-likeness (QED) is 0.887. The second-order valence-corrected chi connectivity index (χ2v) is 6.99. The van der Waals surface area contributed by atoms with Crippen molar-refractivity contribution in [2.45, 2.75) is 38.2 Å². The van der Waals surface area contributed by atoms with Gasteiger partial charge in [-0.25, -0.2) is 14.6 Å². The van der Waals surface area contributed by atoms with Crippen LogP contribution in [0.4, 0.5) is 4.79 Å². The molecule has 0 radical (unpaired) electrons. The molecule has 2 N–H and O–H groups in total. The Morgan fingerprint density at radius 1 is 1.60 bits per heavy atom. The molecule has 0 spiro atoms. The molecule has 1 aromatic rings. The van der Waals surface area contributed by atoms with Crippen LogP contribution in [0.1, 0.15) is 23.2 Å². The van der Waals surface area contributed by atoms with Crippen LogP contribution >= 0.6 is 23.1 Å². The normalized spacial score (nSPS) is 22.0. The molecule has 1 saturated heterocycles. The van der Waals surface area contributed by atoms with Crippen LogP contribution in [0, 0.1) is 6.92 Å². The van der Waals surface area contributed by atoms with E-state index in [0.717, 1.165) is 16.3 Å². The first-order valence-corrected chi connectivity index (χ1v) is 8.21. The molecule has 0 bridgehead atoms. The highest BCUT2D eigenvalue weighted by Crippen LogP contribution is 2.31. The second kappa shape index (κ2) is 6.45. The van der Waals surface area contributed by atoms with E-state index < -0.39 is 12.0 Å². The van der Waals surface area contributed by atoms with Crippen molar-refractivity contribution in [1.82, 2.24) is 15.2 Å². The monoisotopic (exact) mass is 315 g/mol. The van der Waals surface area contributed by atoms with Gasteiger partial charge in [0.1, 0.15) is 6.04 Å². The van der Waals surface area contributed by atoms with Gasteiger partial charge >= 0.3 is 12.0 Å². The number of hydrogen-bond donors (Lipinski definition) is 2. The summed E-state index contributed by atoms with van der Waals surface area (Å²) in [6, 6.07) is -1.06. The highest BCUT2D eigenvalue weighted by Gasteiger charge is 2.40. The molecule has 1 aromatic heterocycles. The minimum atomic E-state index is -0.947.